The van der Waals surface area contributed by atoms with E-state index >= 15 is 0 Å². The van der Waals surface area contributed by atoms with E-state index in [0.29, 0.717) is 35.4 Å². The molecule has 0 aliphatic carbocycles. The lowest BCUT2D eigenvalue weighted by Gasteiger charge is -2.23. The van der Waals surface area contributed by atoms with Gasteiger partial charge >= 0.3 is 0 Å². The number of hydrogen-bond donors (Lipinski definition) is 3. The number of benzene rings is 1. The summed E-state index contributed by atoms with van der Waals surface area (Å²) in [5, 5.41) is 12.8. The highest BCUT2D eigenvalue weighted by atomic mass is 35.5. The van der Waals surface area contributed by atoms with Gasteiger partial charge in [0.15, 0.2) is 11.6 Å². The van der Waals surface area contributed by atoms with Crippen molar-refractivity contribution in [2.24, 2.45) is 0 Å². The Bertz CT molecular complexity index is 608. The van der Waals surface area contributed by atoms with Gasteiger partial charge in [0.1, 0.15) is 12.0 Å². The average Bonchev–Trinajstić information content (AvgIpc) is 2.49. The lowest BCUT2D eigenvalue weighted by molar-refractivity contribution is 0.302. The maximum absolute atomic E-state index is 9.10. The SMILES string of the molecule is CCN(CCO)c1ncnc(Nc2ccccc2Cl)c1N. The van der Waals surface area contributed by atoms with Crippen LogP contribution < -0.4 is 16.0 Å². The largest absolute Gasteiger partial charge is 0.395 e. The van der Waals surface area contributed by atoms with Crippen molar-refractivity contribution in [3.63, 3.8) is 0 Å². The van der Waals surface area contributed by atoms with E-state index in [1.54, 1.807) is 6.07 Å². The molecule has 21 heavy (non-hydrogen) atoms. The van der Waals surface area contributed by atoms with Gasteiger partial charge in [-0.05, 0) is 19.1 Å². The zero-order chi connectivity index (χ0) is 15.2. The fourth-order valence-corrected chi connectivity index (χ4v) is 2.15. The van der Waals surface area contributed by atoms with Crippen molar-refractivity contribution >= 4 is 34.6 Å². The lowest BCUT2D eigenvalue weighted by Crippen LogP contribution is -2.28. The van der Waals surface area contributed by atoms with Gasteiger partial charge in [0.2, 0.25) is 0 Å². The van der Waals surface area contributed by atoms with Crippen LogP contribution in [0.25, 0.3) is 0 Å². The number of nitrogen functional groups attached to an aromatic ring is 1. The number of rotatable bonds is 6. The summed E-state index contributed by atoms with van der Waals surface area (Å²) in [5.41, 5.74) is 7.28. The number of halogens is 1. The molecule has 0 radical (unpaired) electrons. The molecule has 0 saturated heterocycles. The van der Waals surface area contributed by atoms with Gasteiger partial charge in [-0.15, -0.1) is 0 Å². The third-order valence-electron chi connectivity index (χ3n) is 3.04. The standard InChI is InChI=1S/C14H18ClN5O/c1-2-20(7-8-21)14-12(16)13(17-9-18-14)19-11-6-4-3-5-10(11)15/h3-6,9,21H,2,7-8,16H2,1H3,(H,17,18,19). The number of nitrogens with zero attached hydrogens (tertiary/aromatic N) is 3. The lowest BCUT2D eigenvalue weighted by atomic mass is 10.3. The summed E-state index contributed by atoms with van der Waals surface area (Å²) < 4.78 is 0. The number of nitrogens with one attached hydrogen (secondary N) is 1. The van der Waals surface area contributed by atoms with Crippen molar-refractivity contribution in [1.82, 2.24) is 9.97 Å². The van der Waals surface area contributed by atoms with Gasteiger partial charge in [-0.1, -0.05) is 23.7 Å². The van der Waals surface area contributed by atoms with Gasteiger partial charge in [-0.2, -0.15) is 0 Å². The first-order chi connectivity index (χ1) is 10.2. The molecule has 0 spiro atoms. The van der Waals surface area contributed by atoms with Gasteiger partial charge in [0.25, 0.3) is 0 Å². The Kier molecular flexibility index (Phi) is 5.19. The van der Waals surface area contributed by atoms with Crippen LogP contribution in [0.15, 0.2) is 30.6 Å². The summed E-state index contributed by atoms with van der Waals surface area (Å²) in [6.07, 6.45) is 1.44. The second-order valence-corrected chi connectivity index (χ2v) is 4.77. The minimum atomic E-state index is 0.0323. The molecular formula is C14H18ClN5O. The first-order valence-electron chi connectivity index (χ1n) is 6.65. The second-order valence-electron chi connectivity index (χ2n) is 4.37. The monoisotopic (exact) mass is 307 g/mol. The minimum Gasteiger partial charge on any atom is -0.395 e. The van der Waals surface area contributed by atoms with Gasteiger partial charge in [-0.3, -0.25) is 0 Å². The minimum absolute atomic E-state index is 0.0323. The first kappa shape index (κ1) is 15.3. The molecule has 0 aliphatic rings. The highest BCUT2D eigenvalue weighted by molar-refractivity contribution is 6.33. The van der Waals surface area contributed by atoms with Gasteiger partial charge in [0, 0.05) is 13.1 Å². The molecule has 1 aromatic heterocycles. The Morgan fingerprint density at radius 2 is 2.10 bits per heavy atom. The Labute approximate surface area is 128 Å². The normalized spacial score (nSPS) is 10.4. The Morgan fingerprint density at radius 3 is 2.76 bits per heavy atom. The van der Waals surface area contributed by atoms with Crippen LogP contribution in [-0.2, 0) is 0 Å². The van der Waals surface area contributed by atoms with Crippen molar-refractivity contribution in [1.29, 1.82) is 0 Å². The molecule has 7 heteroatoms. The van der Waals surface area contributed by atoms with Crippen LogP contribution >= 0.6 is 11.6 Å². The topological polar surface area (TPSA) is 87.3 Å². The van der Waals surface area contributed by atoms with E-state index in [1.807, 2.05) is 30.0 Å². The summed E-state index contributed by atoms with van der Waals surface area (Å²) >= 11 is 6.12. The summed E-state index contributed by atoms with van der Waals surface area (Å²) in [4.78, 5) is 10.2. The number of para-hydroxylation sites is 1. The molecule has 1 aromatic carbocycles. The number of nitrogens with two attached hydrogens (primary N) is 1. The number of likely N-dealkylation sites (N-methyl/N-ethyl adjacent to an activating group) is 1. The Morgan fingerprint density at radius 1 is 1.33 bits per heavy atom. The molecule has 0 aliphatic heterocycles. The van der Waals surface area contributed by atoms with Crippen LogP contribution in [-0.4, -0.2) is 34.8 Å². The molecule has 0 saturated carbocycles. The van der Waals surface area contributed by atoms with Gasteiger partial charge in [-0.25, -0.2) is 9.97 Å². The van der Waals surface area contributed by atoms with Crippen molar-refractivity contribution in [3.05, 3.63) is 35.6 Å². The third kappa shape index (κ3) is 3.53. The van der Waals surface area contributed by atoms with Crippen LogP contribution in [0.1, 0.15) is 6.92 Å². The number of aromatic nitrogens is 2. The maximum atomic E-state index is 9.10. The molecule has 0 bridgehead atoms. The van der Waals surface area contributed by atoms with E-state index in [1.165, 1.54) is 6.33 Å². The molecule has 0 atom stereocenters. The molecular weight excluding hydrogens is 290 g/mol. The maximum Gasteiger partial charge on any atom is 0.159 e. The van der Waals surface area contributed by atoms with Crippen molar-refractivity contribution in [3.8, 4) is 0 Å². The van der Waals surface area contributed by atoms with E-state index < -0.39 is 0 Å². The number of hydrogen-bond acceptors (Lipinski definition) is 6. The molecule has 0 unspecified atom stereocenters. The molecule has 4 N–H and O–H groups in total. The molecule has 112 valence electrons. The van der Waals surface area contributed by atoms with Crippen molar-refractivity contribution in [2.45, 2.75) is 6.92 Å². The van der Waals surface area contributed by atoms with Gasteiger partial charge < -0.3 is 21.1 Å². The average molecular weight is 308 g/mol. The Balaban J connectivity index is 2.31. The number of aliphatic hydroxyl groups is 1. The fraction of sp³-hybridized carbons (Fsp3) is 0.286. The van der Waals surface area contributed by atoms with Crippen LogP contribution in [0.5, 0.6) is 0 Å². The van der Waals surface area contributed by atoms with Crippen LogP contribution in [0.4, 0.5) is 23.0 Å². The first-order valence-corrected chi connectivity index (χ1v) is 7.03. The van der Waals surface area contributed by atoms with E-state index in [9.17, 15) is 0 Å². The summed E-state index contributed by atoms with van der Waals surface area (Å²) in [5.74, 6) is 1.08. The molecule has 6 nitrogen and oxygen atoms in total. The van der Waals surface area contributed by atoms with Crippen LogP contribution in [0, 0.1) is 0 Å². The molecule has 2 aromatic rings. The predicted octanol–water partition coefficient (Wildman–Crippen LogP) is 2.27. The molecule has 2 rings (SSSR count). The van der Waals surface area contributed by atoms with E-state index in [0.717, 1.165) is 5.69 Å². The zero-order valence-electron chi connectivity index (χ0n) is 11.8. The second kappa shape index (κ2) is 7.10. The van der Waals surface area contributed by atoms with Gasteiger partial charge in [0.05, 0.1) is 17.3 Å². The molecule has 0 amide bonds. The van der Waals surface area contributed by atoms with Crippen molar-refractivity contribution < 1.29 is 5.11 Å². The summed E-state index contributed by atoms with van der Waals surface area (Å²) in [6.45, 7) is 3.15. The molecule has 1 heterocycles. The highest BCUT2D eigenvalue weighted by Crippen LogP contribution is 2.30. The highest BCUT2D eigenvalue weighted by Gasteiger charge is 2.14. The fourth-order valence-electron chi connectivity index (χ4n) is 1.96. The number of aliphatic hydroxyl groups excluding tert-OH is 1. The molecule has 0 fully saturated rings. The quantitative estimate of drug-likeness (QED) is 0.759. The predicted molar refractivity (Wildman–Crippen MR) is 86.2 cm³/mol. The van der Waals surface area contributed by atoms with E-state index in [4.69, 9.17) is 22.4 Å². The van der Waals surface area contributed by atoms with Crippen LogP contribution in [0.2, 0.25) is 5.02 Å². The summed E-state index contributed by atoms with van der Waals surface area (Å²) in [7, 11) is 0. The zero-order valence-corrected chi connectivity index (χ0v) is 12.5. The van der Waals surface area contributed by atoms with Crippen LogP contribution in [0.3, 0.4) is 0 Å². The van der Waals surface area contributed by atoms with Crippen molar-refractivity contribution in [2.75, 3.05) is 35.6 Å². The smallest absolute Gasteiger partial charge is 0.159 e. The third-order valence-corrected chi connectivity index (χ3v) is 3.37. The van der Waals surface area contributed by atoms with E-state index in [-0.39, 0.29) is 6.61 Å². The Hall–Kier alpha value is -2.05. The summed E-state index contributed by atoms with van der Waals surface area (Å²) in [6, 6.07) is 7.35. The van der Waals surface area contributed by atoms with E-state index in [2.05, 4.69) is 15.3 Å². The number of anilines is 4.